The highest BCUT2D eigenvalue weighted by Crippen LogP contribution is 2.49. The van der Waals surface area contributed by atoms with Crippen LogP contribution in [0.5, 0.6) is 0 Å². The van der Waals surface area contributed by atoms with Gasteiger partial charge in [-0.3, -0.25) is 14.5 Å². The van der Waals surface area contributed by atoms with Crippen molar-refractivity contribution in [2.75, 3.05) is 4.90 Å². The lowest BCUT2D eigenvalue weighted by molar-refractivity contribution is -0.140. The van der Waals surface area contributed by atoms with Gasteiger partial charge in [-0.25, -0.2) is 0 Å². The number of anilines is 1. The summed E-state index contributed by atoms with van der Waals surface area (Å²) in [6.07, 6.45) is 5.50. The van der Waals surface area contributed by atoms with Crippen molar-refractivity contribution in [3.05, 3.63) is 102 Å². The molecular formula is C29H30N2O2. The molecule has 0 spiro atoms. The van der Waals surface area contributed by atoms with Crippen molar-refractivity contribution in [1.29, 1.82) is 0 Å². The van der Waals surface area contributed by atoms with Crippen molar-refractivity contribution in [2.24, 2.45) is 0 Å². The lowest BCUT2D eigenvalue weighted by atomic mass is 9.61. The molecule has 33 heavy (non-hydrogen) atoms. The largest absolute Gasteiger partial charge is 0.352 e. The van der Waals surface area contributed by atoms with E-state index in [1.807, 2.05) is 91.9 Å². The molecule has 1 saturated heterocycles. The van der Waals surface area contributed by atoms with Crippen LogP contribution >= 0.6 is 0 Å². The van der Waals surface area contributed by atoms with Gasteiger partial charge in [-0.2, -0.15) is 0 Å². The zero-order valence-electron chi connectivity index (χ0n) is 19.0. The van der Waals surface area contributed by atoms with Gasteiger partial charge >= 0.3 is 0 Å². The van der Waals surface area contributed by atoms with E-state index in [9.17, 15) is 9.59 Å². The van der Waals surface area contributed by atoms with Crippen molar-refractivity contribution in [1.82, 2.24) is 5.32 Å². The summed E-state index contributed by atoms with van der Waals surface area (Å²) in [5.74, 6) is -0.137. The smallest absolute Gasteiger partial charge is 0.245 e. The Kier molecular flexibility index (Phi) is 5.76. The number of carbonyl (C=O) groups excluding carboxylic acids is 2. The highest BCUT2D eigenvalue weighted by molar-refractivity contribution is 6.19. The minimum Gasteiger partial charge on any atom is -0.352 e. The predicted molar refractivity (Wildman–Crippen MR) is 131 cm³/mol. The predicted octanol–water partition coefficient (Wildman–Crippen LogP) is 5.15. The molecule has 1 atom stereocenters. The third-order valence-corrected chi connectivity index (χ3v) is 7.19. The van der Waals surface area contributed by atoms with E-state index in [0.29, 0.717) is 0 Å². The van der Waals surface area contributed by atoms with Crippen LogP contribution in [0.15, 0.2) is 84.9 Å². The van der Waals surface area contributed by atoms with Crippen molar-refractivity contribution in [3.63, 3.8) is 0 Å². The molecule has 1 unspecified atom stereocenters. The number of benzene rings is 3. The molecule has 1 aliphatic carbocycles. The molecule has 4 heteroatoms. The van der Waals surface area contributed by atoms with Crippen LogP contribution in [0.1, 0.15) is 48.8 Å². The second kappa shape index (κ2) is 8.86. The minimum atomic E-state index is -1.05. The van der Waals surface area contributed by atoms with Gasteiger partial charge in [0.15, 0.2) is 0 Å². The highest BCUT2D eigenvalue weighted by atomic mass is 16.2. The summed E-state index contributed by atoms with van der Waals surface area (Å²) in [6.45, 7) is 2.02. The maximum atomic E-state index is 14.1. The van der Waals surface area contributed by atoms with E-state index >= 15 is 0 Å². The molecule has 4 nitrogen and oxygen atoms in total. The van der Waals surface area contributed by atoms with Crippen LogP contribution in [-0.4, -0.2) is 23.9 Å². The van der Waals surface area contributed by atoms with Gasteiger partial charge in [0.25, 0.3) is 0 Å². The Morgan fingerprint density at radius 2 is 1.36 bits per heavy atom. The van der Waals surface area contributed by atoms with Crippen LogP contribution in [0.25, 0.3) is 0 Å². The average molecular weight is 439 g/mol. The molecule has 1 aliphatic heterocycles. The van der Waals surface area contributed by atoms with Crippen LogP contribution in [0.2, 0.25) is 0 Å². The highest BCUT2D eigenvalue weighted by Gasteiger charge is 2.66. The maximum absolute atomic E-state index is 14.1. The van der Waals surface area contributed by atoms with E-state index < -0.39 is 11.5 Å². The summed E-state index contributed by atoms with van der Waals surface area (Å²) >= 11 is 0. The molecule has 0 aromatic heterocycles. The van der Waals surface area contributed by atoms with Crippen LogP contribution in [-0.2, 0) is 15.0 Å². The van der Waals surface area contributed by atoms with E-state index in [2.05, 4.69) is 5.32 Å². The molecule has 3 aromatic rings. The van der Waals surface area contributed by atoms with Crippen molar-refractivity contribution < 1.29 is 9.59 Å². The first-order chi connectivity index (χ1) is 16.1. The first-order valence-corrected chi connectivity index (χ1v) is 11.9. The van der Waals surface area contributed by atoms with Crippen molar-refractivity contribution in [2.45, 2.75) is 56.5 Å². The summed E-state index contributed by atoms with van der Waals surface area (Å²) in [6, 6.07) is 26.9. The number of rotatable bonds is 5. The number of amides is 2. The van der Waals surface area contributed by atoms with E-state index in [4.69, 9.17) is 0 Å². The number of nitrogens with zero attached hydrogens (tertiary/aromatic N) is 1. The van der Waals surface area contributed by atoms with Crippen molar-refractivity contribution in [3.8, 4) is 0 Å². The monoisotopic (exact) mass is 438 g/mol. The Morgan fingerprint density at radius 3 is 1.91 bits per heavy atom. The van der Waals surface area contributed by atoms with E-state index in [-0.39, 0.29) is 17.9 Å². The summed E-state index contributed by atoms with van der Waals surface area (Å²) < 4.78 is 0. The summed E-state index contributed by atoms with van der Waals surface area (Å²) in [4.78, 5) is 29.8. The van der Waals surface area contributed by atoms with Crippen LogP contribution in [0.4, 0.5) is 5.69 Å². The van der Waals surface area contributed by atoms with Crippen LogP contribution < -0.4 is 10.2 Å². The Morgan fingerprint density at radius 1 is 0.818 bits per heavy atom. The summed E-state index contributed by atoms with van der Waals surface area (Å²) in [5, 5.41) is 3.31. The number of hydrogen-bond donors (Lipinski definition) is 1. The summed E-state index contributed by atoms with van der Waals surface area (Å²) in [5.41, 5.74) is 2.54. The molecule has 0 radical (unpaired) electrons. The van der Waals surface area contributed by atoms with E-state index in [1.54, 1.807) is 4.90 Å². The topological polar surface area (TPSA) is 49.4 Å². The first kappa shape index (κ1) is 21.4. The zero-order valence-corrected chi connectivity index (χ0v) is 19.0. The Bertz CT molecular complexity index is 1080. The van der Waals surface area contributed by atoms with Gasteiger partial charge in [0.05, 0.1) is 0 Å². The number of carbonyl (C=O) groups is 2. The number of β-lactam (4-membered cyclic amide) rings is 1. The molecule has 2 fully saturated rings. The molecule has 1 saturated carbocycles. The standard InChI is InChI=1S/C29H30N2O2/c1-21-17-19-25(20-18-21)31-26(27(32)30-24-15-9-4-10-16-24)29(28(31)33,22-11-5-2-6-12-22)23-13-7-3-8-14-23/h2-3,5-8,11-14,17-20,24,26H,4,9-10,15-16H2,1H3,(H,30,32). The van der Waals surface area contributed by atoms with Gasteiger partial charge in [0.2, 0.25) is 11.8 Å². The van der Waals surface area contributed by atoms with Gasteiger partial charge in [-0.1, -0.05) is 97.6 Å². The fourth-order valence-electron chi connectivity index (χ4n) is 5.50. The van der Waals surface area contributed by atoms with Gasteiger partial charge in [0, 0.05) is 11.7 Å². The number of aryl methyl sites for hydroxylation is 1. The minimum absolute atomic E-state index is 0.0625. The number of hydrogen-bond acceptors (Lipinski definition) is 2. The maximum Gasteiger partial charge on any atom is 0.245 e. The van der Waals surface area contributed by atoms with E-state index in [1.165, 1.54) is 6.42 Å². The first-order valence-electron chi connectivity index (χ1n) is 11.9. The SMILES string of the molecule is Cc1ccc(N2C(=O)C(c3ccccc3)(c3ccccc3)C2C(=O)NC2CCCCC2)cc1. The molecule has 1 heterocycles. The van der Waals surface area contributed by atoms with Crippen LogP contribution in [0.3, 0.4) is 0 Å². The quantitative estimate of drug-likeness (QED) is 0.561. The Labute approximate surface area is 195 Å². The zero-order chi connectivity index (χ0) is 22.8. The summed E-state index contributed by atoms with van der Waals surface area (Å²) in [7, 11) is 0. The fraction of sp³-hybridized carbons (Fsp3) is 0.310. The molecule has 2 amide bonds. The van der Waals surface area contributed by atoms with E-state index in [0.717, 1.165) is 48.1 Å². The second-order valence-electron chi connectivity index (χ2n) is 9.30. The van der Waals surface area contributed by atoms with Gasteiger partial charge in [0.1, 0.15) is 11.5 Å². The number of nitrogens with one attached hydrogen (secondary N) is 1. The third kappa shape index (κ3) is 3.64. The average Bonchev–Trinajstić information content (AvgIpc) is 2.86. The van der Waals surface area contributed by atoms with Crippen molar-refractivity contribution >= 4 is 17.5 Å². The second-order valence-corrected chi connectivity index (χ2v) is 9.30. The molecule has 2 aliphatic rings. The lowest BCUT2D eigenvalue weighted by Crippen LogP contribution is -2.77. The third-order valence-electron chi connectivity index (χ3n) is 7.19. The lowest BCUT2D eigenvalue weighted by Gasteiger charge is -2.55. The molecule has 168 valence electrons. The Hall–Kier alpha value is -3.40. The van der Waals surface area contributed by atoms with Gasteiger partial charge < -0.3 is 5.32 Å². The molecule has 5 rings (SSSR count). The molecule has 3 aromatic carbocycles. The molecular weight excluding hydrogens is 408 g/mol. The normalized spacial score (nSPS) is 20.2. The molecule has 1 N–H and O–H groups in total. The fourth-order valence-corrected chi connectivity index (χ4v) is 5.50. The Balaban J connectivity index is 1.63. The van der Waals surface area contributed by atoms with Gasteiger partial charge in [-0.05, 0) is 43.0 Å². The molecule has 0 bridgehead atoms. The van der Waals surface area contributed by atoms with Gasteiger partial charge in [-0.15, -0.1) is 0 Å². The van der Waals surface area contributed by atoms with Crippen LogP contribution in [0, 0.1) is 6.92 Å².